The number of fused-ring (bicyclic) bond motifs is 1. The highest BCUT2D eigenvalue weighted by Crippen LogP contribution is 2.18. The van der Waals surface area contributed by atoms with Gasteiger partial charge in [0, 0.05) is 6.54 Å². The van der Waals surface area contributed by atoms with Gasteiger partial charge in [0.05, 0.1) is 23.5 Å². The quantitative estimate of drug-likeness (QED) is 0.859. The van der Waals surface area contributed by atoms with E-state index in [9.17, 15) is 5.11 Å². The van der Waals surface area contributed by atoms with Gasteiger partial charge in [-0.15, -0.1) is 0 Å². The van der Waals surface area contributed by atoms with Crippen LogP contribution in [0.4, 0.5) is 0 Å². The third-order valence-corrected chi connectivity index (χ3v) is 3.02. The summed E-state index contributed by atoms with van der Waals surface area (Å²) in [6, 6.07) is 4.28. The Morgan fingerprint density at radius 2 is 2.00 bits per heavy atom. The third kappa shape index (κ3) is 2.09. The zero-order valence-electron chi connectivity index (χ0n) is 10.1. The normalized spacial score (nSPS) is 13.2. The summed E-state index contributed by atoms with van der Waals surface area (Å²) in [6.45, 7) is 6.84. The van der Waals surface area contributed by atoms with Gasteiger partial charge in [0.15, 0.2) is 0 Å². The summed E-state index contributed by atoms with van der Waals surface area (Å²) in [5.41, 5.74) is 4.75. The highest BCUT2D eigenvalue weighted by molar-refractivity contribution is 5.77. The molecule has 86 valence electrons. The predicted molar refractivity (Wildman–Crippen MR) is 65.5 cm³/mol. The lowest BCUT2D eigenvalue weighted by atomic mass is 10.1. The molecule has 1 aromatic carbocycles. The largest absolute Gasteiger partial charge is 0.393 e. The molecule has 0 saturated heterocycles. The molecule has 0 aliphatic carbocycles. The molecule has 1 heterocycles. The number of aromatic nitrogens is 2. The molecule has 2 rings (SSSR count). The zero-order valence-corrected chi connectivity index (χ0v) is 10.1. The van der Waals surface area contributed by atoms with Crippen LogP contribution in [0.15, 0.2) is 18.5 Å². The van der Waals surface area contributed by atoms with Crippen molar-refractivity contribution in [1.29, 1.82) is 0 Å². The number of nitrogens with zero attached hydrogens (tertiary/aromatic N) is 2. The van der Waals surface area contributed by atoms with Gasteiger partial charge in [-0.05, 0) is 50.5 Å². The number of hydrogen-bond acceptors (Lipinski definition) is 2. The van der Waals surface area contributed by atoms with Crippen LogP contribution in [0.5, 0.6) is 0 Å². The molecule has 3 nitrogen and oxygen atoms in total. The molecule has 0 amide bonds. The van der Waals surface area contributed by atoms with Crippen molar-refractivity contribution in [1.82, 2.24) is 9.55 Å². The minimum atomic E-state index is -0.260. The molecule has 1 atom stereocenters. The van der Waals surface area contributed by atoms with Gasteiger partial charge in [-0.25, -0.2) is 4.98 Å². The van der Waals surface area contributed by atoms with Gasteiger partial charge in [0.1, 0.15) is 0 Å². The first-order chi connectivity index (χ1) is 7.58. The number of hydrogen-bond donors (Lipinski definition) is 1. The van der Waals surface area contributed by atoms with Crippen LogP contribution in [0.3, 0.4) is 0 Å². The van der Waals surface area contributed by atoms with E-state index in [1.165, 1.54) is 11.1 Å². The van der Waals surface area contributed by atoms with Gasteiger partial charge in [-0.2, -0.15) is 0 Å². The van der Waals surface area contributed by atoms with Crippen LogP contribution in [0, 0.1) is 13.8 Å². The van der Waals surface area contributed by atoms with Crippen LogP contribution in [-0.2, 0) is 6.54 Å². The van der Waals surface area contributed by atoms with Crippen LogP contribution in [0.25, 0.3) is 11.0 Å². The smallest absolute Gasteiger partial charge is 0.0958 e. The van der Waals surface area contributed by atoms with Crippen LogP contribution < -0.4 is 0 Å². The Kier molecular flexibility index (Phi) is 2.97. The van der Waals surface area contributed by atoms with Crippen molar-refractivity contribution >= 4 is 11.0 Å². The van der Waals surface area contributed by atoms with Gasteiger partial charge in [-0.1, -0.05) is 0 Å². The highest BCUT2D eigenvalue weighted by Gasteiger charge is 2.05. The second kappa shape index (κ2) is 4.26. The van der Waals surface area contributed by atoms with Crippen LogP contribution >= 0.6 is 0 Å². The summed E-state index contributed by atoms with van der Waals surface area (Å²) >= 11 is 0. The average molecular weight is 218 g/mol. The first-order valence-corrected chi connectivity index (χ1v) is 5.68. The van der Waals surface area contributed by atoms with Crippen molar-refractivity contribution in [2.45, 2.75) is 39.8 Å². The molecule has 0 fully saturated rings. The van der Waals surface area contributed by atoms with E-state index >= 15 is 0 Å². The van der Waals surface area contributed by atoms with Crippen molar-refractivity contribution in [3.8, 4) is 0 Å². The summed E-state index contributed by atoms with van der Waals surface area (Å²) in [7, 11) is 0. The number of benzene rings is 1. The fourth-order valence-corrected chi connectivity index (χ4v) is 1.82. The average Bonchev–Trinajstić information content (AvgIpc) is 2.58. The van der Waals surface area contributed by atoms with Crippen molar-refractivity contribution in [3.63, 3.8) is 0 Å². The molecule has 3 heteroatoms. The molecule has 0 aliphatic heterocycles. The van der Waals surface area contributed by atoms with E-state index in [1.807, 2.05) is 13.3 Å². The van der Waals surface area contributed by atoms with Crippen molar-refractivity contribution < 1.29 is 5.11 Å². The number of aryl methyl sites for hydroxylation is 3. The highest BCUT2D eigenvalue weighted by atomic mass is 16.3. The molecular weight excluding hydrogens is 200 g/mol. The van der Waals surface area contributed by atoms with E-state index in [-0.39, 0.29) is 6.10 Å². The van der Waals surface area contributed by atoms with Crippen LogP contribution in [0.1, 0.15) is 24.5 Å². The lowest BCUT2D eigenvalue weighted by Crippen LogP contribution is -2.06. The van der Waals surface area contributed by atoms with E-state index in [1.54, 1.807) is 0 Å². The fourth-order valence-electron chi connectivity index (χ4n) is 1.82. The summed E-state index contributed by atoms with van der Waals surface area (Å²) in [5, 5.41) is 9.29. The molecule has 16 heavy (non-hydrogen) atoms. The maximum absolute atomic E-state index is 9.29. The molecule has 1 aromatic heterocycles. The van der Waals surface area contributed by atoms with E-state index in [0.717, 1.165) is 24.0 Å². The standard InChI is InChI=1S/C13H18N2O/c1-9-6-12-13(7-10(9)2)15(8-14-12)5-4-11(3)16/h6-8,11,16H,4-5H2,1-3H3. The van der Waals surface area contributed by atoms with Crippen molar-refractivity contribution in [3.05, 3.63) is 29.6 Å². The molecule has 0 aliphatic rings. The van der Waals surface area contributed by atoms with Crippen molar-refractivity contribution in [2.75, 3.05) is 0 Å². The third-order valence-electron chi connectivity index (χ3n) is 3.02. The van der Waals surface area contributed by atoms with E-state index in [0.29, 0.717) is 0 Å². The molecule has 1 unspecified atom stereocenters. The Morgan fingerprint density at radius 3 is 2.69 bits per heavy atom. The lowest BCUT2D eigenvalue weighted by molar-refractivity contribution is 0.178. The van der Waals surface area contributed by atoms with E-state index in [2.05, 4.69) is 35.5 Å². The molecule has 0 spiro atoms. The number of rotatable bonds is 3. The summed E-state index contributed by atoms with van der Waals surface area (Å²) in [6.07, 6.45) is 2.36. The Bertz CT molecular complexity index is 500. The molecule has 0 bridgehead atoms. The van der Waals surface area contributed by atoms with Gasteiger partial charge >= 0.3 is 0 Å². The summed E-state index contributed by atoms with van der Waals surface area (Å²) in [4.78, 5) is 4.38. The molecule has 0 saturated carbocycles. The summed E-state index contributed by atoms with van der Waals surface area (Å²) < 4.78 is 2.11. The molecule has 2 aromatic rings. The van der Waals surface area contributed by atoms with Crippen molar-refractivity contribution in [2.24, 2.45) is 0 Å². The Labute approximate surface area is 95.7 Å². The monoisotopic (exact) mass is 218 g/mol. The maximum Gasteiger partial charge on any atom is 0.0958 e. The first kappa shape index (κ1) is 11.1. The minimum Gasteiger partial charge on any atom is -0.393 e. The minimum absolute atomic E-state index is 0.260. The first-order valence-electron chi connectivity index (χ1n) is 5.68. The fraction of sp³-hybridized carbons (Fsp3) is 0.462. The number of aliphatic hydroxyl groups excluding tert-OH is 1. The SMILES string of the molecule is Cc1cc2ncn(CCC(C)O)c2cc1C. The number of imidazole rings is 1. The van der Waals surface area contributed by atoms with Gasteiger partial charge in [0.2, 0.25) is 0 Å². The second-order valence-electron chi connectivity index (χ2n) is 4.50. The topological polar surface area (TPSA) is 38.0 Å². The second-order valence-corrected chi connectivity index (χ2v) is 4.50. The summed E-state index contributed by atoms with van der Waals surface area (Å²) in [5.74, 6) is 0. The molecular formula is C13H18N2O. The molecule has 1 N–H and O–H groups in total. The Hall–Kier alpha value is -1.35. The Balaban J connectivity index is 2.36. The number of aliphatic hydroxyl groups is 1. The van der Waals surface area contributed by atoms with E-state index < -0.39 is 0 Å². The van der Waals surface area contributed by atoms with E-state index in [4.69, 9.17) is 0 Å². The maximum atomic E-state index is 9.29. The molecule has 0 radical (unpaired) electrons. The lowest BCUT2D eigenvalue weighted by Gasteiger charge is -2.07. The van der Waals surface area contributed by atoms with Gasteiger partial charge in [-0.3, -0.25) is 0 Å². The van der Waals surface area contributed by atoms with Crippen LogP contribution in [0.2, 0.25) is 0 Å². The zero-order chi connectivity index (χ0) is 11.7. The van der Waals surface area contributed by atoms with Crippen LogP contribution in [-0.4, -0.2) is 20.8 Å². The predicted octanol–water partition coefficient (Wildman–Crippen LogP) is 2.42. The van der Waals surface area contributed by atoms with Gasteiger partial charge in [0.25, 0.3) is 0 Å². The van der Waals surface area contributed by atoms with Gasteiger partial charge < -0.3 is 9.67 Å². The Morgan fingerprint density at radius 1 is 1.31 bits per heavy atom.